The summed E-state index contributed by atoms with van der Waals surface area (Å²) >= 11 is 1.72. The molecular weight excluding hydrogens is 235 g/mol. The number of rotatable bonds is 3. The topological polar surface area (TPSA) is 24.4 Å². The van der Waals surface area contributed by atoms with Crippen molar-refractivity contribution in [3.05, 3.63) is 35.6 Å². The summed E-state index contributed by atoms with van der Waals surface area (Å²) in [7, 11) is 0. The minimum atomic E-state index is -0.180. The van der Waals surface area contributed by atoms with Crippen LogP contribution in [-0.4, -0.2) is 17.0 Å². The van der Waals surface area contributed by atoms with E-state index in [1.165, 1.54) is 6.07 Å². The van der Waals surface area contributed by atoms with Crippen LogP contribution in [0.2, 0.25) is 0 Å². The van der Waals surface area contributed by atoms with Crippen molar-refractivity contribution in [2.24, 2.45) is 10.9 Å². The summed E-state index contributed by atoms with van der Waals surface area (Å²) in [4.78, 5) is 4.42. The molecule has 4 heteroatoms. The van der Waals surface area contributed by atoms with Crippen LogP contribution in [0, 0.1) is 11.7 Å². The van der Waals surface area contributed by atoms with Crippen molar-refractivity contribution >= 4 is 16.9 Å². The molecule has 1 aromatic rings. The van der Waals surface area contributed by atoms with Gasteiger partial charge < -0.3 is 5.32 Å². The monoisotopic (exact) mass is 252 g/mol. The normalized spacial score (nSPS) is 22.1. The van der Waals surface area contributed by atoms with E-state index in [-0.39, 0.29) is 5.82 Å². The summed E-state index contributed by atoms with van der Waals surface area (Å²) in [6.07, 6.45) is 0. The molecule has 0 amide bonds. The zero-order valence-electron chi connectivity index (χ0n) is 10.1. The highest BCUT2D eigenvalue weighted by molar-refractivity contribution is 8.14. The number of nitrogens with zero attached hydrogens (tertiary/aromatic N) is 1. The molecule has 1 aliphatic heterocycles. The summed E-state index contributed by atoms with van der Waals surface area (Å²) in [6.45, 7) is 4.79. The van der Waals surface area contributed by atoms with Crippen molar-refractivity contribution in [3.8, 4) is 0 Å². The van der Waals surface area contributed by atoms with Gasteiger partial charge in [-0.3, -0.25) is 4.99 Å². The first-order valence-electron chi connectivity index (χ1n) is 5.84. The van der Waals surface area contributed by atoms with E-state index in [4.69, 9.17) is 0 Å². The predicted molar refractivity (Wildman–Crippen MR) is 71.8 cm³/mol. The molecule has 0 aliphatic carbocycles. The smallest absolute Gasteiger partial charge is 0.157 e. The van der Waals surface area contributed by atoms with Crippen molar-refractivity contribution in [1.82, 2.24) is 5.32 Å². The molecule has 2 nitrogen and oxygen atoms in total. The largest absolute Gasteiger partial charge is 0.361 e. The molecule has 0 unspecified atom stereocenters. The van der Waals surface area contributed by atoms with Crippen LogP contribution in [0.5, 0.6) is 0 Å². The Labute approximate surface area is 106 Å². The number of hydrogen-bond donors (Lipinski definition) is 1. The van der Waals surface area contributed by atoms with Crippen LogP contribution in [0.4, 0.5) is 4.39 Å². The third-order valence-corrected chi connectivity index (χ3v) is 3.91. The molecule has 0 bridgehead atoms. The molecule has 1 atom stereocenters. The van der Waals surface area contributed by atoms with Crippen molar-refractivity contribution in [1.29, 1.82) is 0 Å². The van der Waals surface area contributed by atoms with Gasteiger partial charge in [-0.2, -0.15) is 0 Å². The summed E-state index contributed by atoms with van der Waals surface area (Å²) in [6, 6.07) is 7.27. The van der Waals surface area contributed by atoms with E-state index in [9.17, 15) is 4.39 Å². The molecule has 0 aromatic heterocycles. The van der Waals surface area contributed by atoms with Crippen molar-refractivity contribution < 1.29 is 4.39 Å². The number of aliphatic imine (C=N–C) groups is 1. The van der Waals surface area contributed by atoms with Crippen LogP contribution in [0.15, 0.2) is 29.3 Å². The van der Waals surface area contributed by atoms with Crippen LogP contribution >= 0.6 is 11.8 Å². The molecule has 1 heterocycles. The van der Waals surface area contributed by atoms with E-state index in [0.29, 0.717) is 24.1 Å². The van der Waals surface area contributed by atoms with E-state index in [1.807, 2.05) is 6.07 Å². The summed E-state index contributed by atoms with van der Waals surface area (Å²) in [5.41, 5.74) is 0.649. The summed E-state index contributed by atoms with van der Waals surface area (Å²) < 4.78 is 13.4. The van der Waals surface area contributed by atoms with Crippen molar-refractivity contribution in [2.45, 2.75) is 26.4 Å². The zero-order chi connectivity index (χ0) is 12.3. The van der Waals surface area contributed by atoms with Gasteiger partial charge in [0, 0.05) is 17.4 Å². The Kier molecular flexibility index (Phi) is 4.05. The minimum absolute atomic E-state index is 0.180. The average molecular weight is 252 g/mol. The van der Waals surface area contributed by atoms with Crippen molar-refractivity contribution in [2.75, 3.05) is 5.75 Å². The Morgan fingerprint density at radius 3 is 2.88 bits per heavy atom. The van der Waals surface area contributed by atoms with E-state index in [1.54, 1.807) is 23.9 Å². The molecule has 1 saturated heterocycles. The van der Waals surface area contributed by atoms with E-state index in [0.717, 1.165) is 10.9 Å². The Morgan fingerprint density at radius 2 is 2.24 bits per heavy atom. The predicted octanol–water partition coefficient (Wildman–Crippen LogP) is 3.04. The number of nitrogens with one attached hydrogen (secondary N) is 1. The Bertz CT molecular complexity index is 418. The lowest BCUT2D eigenvalue weighted by molar-refractivity contribution is 0.503. The molecule has 0 radical (unpaired) electrons. The Morgan fingerprint density at radius 1 is 1.47 bits per heavy atom. The van der Waals surface area contributed by atoms with Crippen LogP contribution in [0.1, 0.15) is 19.4 Å². The fourth-order valence-electron chi connectivity index (χ4n) is 1.64. The van der Waals surface area contributed by atoms with E-state index in [2.05, 4.69) is 24.2 Å². The maximum Gasteiger partial charge on any atom is 0.157 e. The Hall–Kier alpha value is -1.03. The van der Waals surface area contributed by atoms with Crippen LogP contribution in [-0.2, 0) is 6.54 Å². The maximum atomic E-state index is 13.4. The number of benzene rings is 1. The molecule has 17 heavy (non-hydrogen) atoms. The van der Waals surface area contributed by atoms with Gasteiger partial charge in [0.05, 0.1) is 6.54 Å². The van der Waals surface area contributed by atoms with Crippen LogP contribution in [0.25, 0.3) is 0 Å². The first-order chi connectivity index (χ1) is 8.16. The van der Waals surface area contributed by atoms with Gasteiger partial charge in [0.1, 0.15) is 5.82 Å². The van der Waals surface area contributed by atoms with Gasteiger partial charge in [-0.05, 0) is 12.0 Å². The second kappa shape index (κ2) is 5.54. The molecule has 1 aromatic carbocycles. The number of amidine groups is 1. The number of hydrogen-bond acceptors (Lipinski definition) is 2. The zero-order valence-corrected chi connectivity index (χ0v) is 10.9. The second-order valence-electron chi connectivity index (χ2n) is 4.52. The molecule has 92 valence electrons. The first-order valence-corrected chi connectivity index (χ1v) is 6.82. The van der Waals surface area contributed by atoms with E-state index >= 15 is 0 Å². The third-order valence-electron chi connectivity index (χ3n) is 2.86. The fourth-order valence-corrected chi connectivity index (χ4v) is 2.84. The first kappa shape index (κ1) is 12.4. The molecule has 0 spiro atoms. The number of thioether (sulfide) groups is 1. The lowest BCUT2D eigenvalue weighted by Crippen LogP contribution is -2.31. The second-order valence-corrected chi connectivity index (χ2v) is 5.53. The Balaban J connectivity index is 1.96. The SMILES string of the molecule is CC(C)[C@H]1CSC(=NCc2ccccc2F)N1. The molecular formula is C13H17FN2S. The fraction of sp³-hybridized carbons (Fsp3) is 0.462. The van der Waals surface area contributed by atoms with Crippen LogP contribution < -0.4 is 5.32 Å². The standard InChI is InChI=1S/C13H17FN2S/c1-9(2)12-8-17-13(16-12)15-7-10-5-3-4-6-11(10)14/h3-6,9,12H,7-8H2,1-2H3,(H,15,16)/t12-/m1/s1. The van der Waals surface area contributed by atoms with Gasteiger partial charge in [0.2, 0.25) is 0 Å². The van der Waals surface area contributed by atoms with Crippen LogP contribution in [0.3, 0.4) is 0 Å². The molecule has 2 rings (SSSR count). The molecule has 1 aliphatic rings. The van der Waals surface area contributed by atoms with Gasteiger partial charge in [0.15, 0.2) is 5.17 Å². The lowest BCUT2D eigenvalue weighted by Gasteiger charge is -2.13. The van der Waals surface area contributed by atoms with Gasteiger partial charge in [-0.15, -0.1) is 0 Å². The quantitative estimate of drug-likeness (QED) is 0.894. The van der Waals surface area contributed by atoms with Gasteiger partial charge in [-0.25, -0.2) is 4.39 Å². The molecule has 1 N–H and O–H groups in total. The summed E-state index contributed by atoms with van der Waals surface area (Å²) in [5.74, 6) is 1.47. The van der Waals surface area contributed by atoms with Crippen molar-refractivity contribution in [3.63, 3.8) is 0 Å². The average Bonchev–Trinajstić information content (AvgIpc) is 2.77. The van der Waals surface area contributed by atoms with Gasteiger partial charge >= 0.3 is 0 Å². The van der Waals surface area contributed by atoms with Gasteiger partial charge in [0.25, 0.3) is 0 Å². The van der Waals surface area contributed by atoms with E-state index < -0.39 is 0 Å². The summed E-state index contributed by atoms with van der Waals surface area (Å²) in [5, 5.41) is 4.31. The molecule has 0 saturated carbocycles. The lowest BCUT2D eigenvalue weighted by atomic mass is 10.1. The number of halogens is 1. The minimum Gasteiger partial charge on any atom is -0.361 e. The van der Waals surface area contributed by atoms with Gasteiger partial charge in [-0.1, -0.05) is 43.8 Å². The highest BCUT2D eigenvalue weighted by Gasteiger charge is 2.22. The third kappa shape index (κ3) is 3.22. The highest BCUT2D eigenvalue weighted by Crippen LogP contribution is 2.19. The highest BCUT2D eigenvalue weighted by atomic mass is 32.2. The maximum absolute atomic E-state index is 13.4. The molecule has 1 fully saturated rings.